The summed E-state index contributed by atoms with van der Waals surface area (Å²) in [5, 5.41) is 7.57. The van der Waals surface area contributed by atoms with Gasteiger partial charge in [0.15, 0.2) is 0 Å². The lowest BCUT2D eigenvalue weighted by atomic mass is 10.2. The van der Waals surface area contributed by atoms with Crippen LogP contribution < -0.4 is 0 Å². The molecule has 0 saturated heterocycles. The summed E-state index contributed by atoms with van der Waals surface area (Å²) < 4.78 is 14.8. The largest absolute Gasteiger partial charge is 0.235 e. The van der Waals surface area contributed by atoms with Gasteiger partial charge in [-0.2, -0.15) is 4.39 Å². The second-order valence-electron chi connectivity index (χ2n) is 3.47. The van der Waals surface area contributed by atoms with Crippen LogP contribution in [0.15, 0.2) is 0 Å². The van der Waals surface area contributed by atoms with Gasteiger partial charge in [-0.3, -0.25) is 0 Å². The molecule has 0 bridgehead atoms. The van der Waals surface area contributed by atoms with Gasteiger partial charge in [-0.15, -0.1) is 5.10 Å². The van der Waals surface area contributed by atoms with E-state index >= 15 is 0 Å². The van der Waals surface area contributed by atoms with Crippen LogP contribution in [0.4, 0.5) is 4.39 Å². The Kier molecular flexibility index (Phi) is 3.39. The van der Waals surface area contributed by atoms with Crippen LogP contribution in [0.2, 0.25) is 0 Å². The molecule has 1 heterocycles. The number of hydrogen-bond acceptors (Lipinski definition) is 2. The number of rotatable bonds is 4. The van der Waals surface area contributed by atoms with Crippen LogP contribution in [-0.2, 0) is 6.42 Å². The topological polar surface area (TPSA) is 30.7 Å². The van der Waals surface area contributed by atoms with Crippen molar-refractivity contribution < 1.29 is 4.39 Å². The van der Waals surface area contributed by atoms with E-state index in [1.165, 1.54) is 4.68 Å². The number of aromatic nitrogens is 3. The lowest BCUT2D eigenvalue weighted by molar-refractivity contribution is 0.407. The van der Waals surface area contributed by atoms with Gasteiger partial charge in [0, 0.05) is 0 Å². The molecular weight excluding hydrogens is 169 g/mol. The molecule has 1 aromatic rings. The summed E-state index contributed by atoms with van der Waals surface area (Å²) in [6, 6.07) is 0.0443. The summed E-state index contributed by atoms with van der Waals surface area (Å²) in [4.78, 5) is 0. The molecule has 0 fully saturated rings. The van der Waals surface area contributed by atoms with Crippen molar-refractivity contribution in [2.45, 2.75) is 46.1 Å². The Balaban J connectivity index is 2.74. The van der Waals surface area contributed by atoms with Crippen LogP contribution >= 0.6 is 0 Å². The highest BCUT2D eigenvalue weighted by Gasteiger charge is 2.13. The quantitative estimate of drug-likeness (QED) is 0.720. The zero-order valence-corrected chi connectivity index (χ0v) is 8.42. The molecule has 0 N–H and O–H groups in total. The van der Waals surface area contributed by atoms with Gasteiger partial charge >= 0.3 is 0 Å². The fourth-order valence-corrected chi connectivity index (χ4v) is 1.14. The highest BCUT2D eigenvalue weighted by molar-refractivity contribution is 4.96. The summed E-state index contributed by atoms with van der Waals surface area (Å²) in [6.45, 7) is 5.85. The van der Waals surface area contributed by atoms with Gasteiger partial charge in [0.05, 0.1) is 6.04 Å². The third-order valence-corrected chi connectivity index (χ3v) is 1.96. The molecule has 0 radical (unpaired) electrons. The summed E-state index contributed by atoms with van der Waals surface area (Å²) in [6.07, 6.45) is 2.71. The van der Waals surface area contributed by atoms with Gasteiger partial charge in [-0.25, -0.2) is 4.68 Å². The van der Waals surface area contributed by atoms with Crippen LogP contribution in [0, 0.1) is 5.95 Å². The molecule has 1 aromatic heterocycles. The Morgan fingerprint density at radius 1 is 1.46 bits per heavy atom. The van der Waals surface area contributed by atoms with Crippen LogP contribution in [0.25, 0.3) is 0 Å². The van der Waals surface area contributed by atoms with Crippen molar-refractivity contribution in [1.29, 1.82) is 0 Å². The molecule has 0 saturated carbocycles. The first-order valence-corrected chi connectivity index (χ1v) is 4.76. The van der Waals surface area contributed by atoms with Crippen LogP contribution in [0.3, 0.4) is 0 Å². The molecule has 0 aliphatic carbocycles. The molecule has 0 aromatic carbocycles. The van der Waals surface area contributed by atoms with E-state index in [-0.39, 0.29) is 12.0 Å². The van der Waals surface area contributed by atoms with Crippen LogP contribution in [-0.4, -0.2) is 15.0 Å². The average Bonchev–Trinajstić information content (AvgIpc) is 2.43. The smallest absolute Gasteiger partial charge is 0.217 e. The average molecular weight is 185 g/mol. The fraction of sp³-hybridized carbons (Fsp3) is 0.778. The molecule has 1 rings (SSSR count). The minimum Gasteiger partial charge on any atom is -0.217 e. The first kappa shape index (κ1) is 10.2. The lowest BCUT2D eigenvalue weighted by Crippen LogP contribution is -2.06. The Labute approximate surface area is 77.9 Å². The number of unbranched alkanes of at least 4 members (excludes halogenated alkanes) is 1. The molecule has 0 spiro atoms. The van der Waals surface area contributed by atoms with E-state index in [1.807, 2.05) is 13.8 Å². The molecule has 74 valence electrons. The zero-order chi connectivity index (χ0) is 9.84. The molecule has 13 heavy (non-hydrogen) atoms. The number of aryl methyl sites for hydroxylation is 1. The number of nitrogens with zero attached hydrogens (tertiary/aromatic N) is 3. The monoisotopic (exact) mass is 185 g/mol. The maximum absolute atomic E-state index is 13.4. The minimum absolute atomic E-state index is 0.0443. The van der Waals surface area contributed by atoms with Crippen molar-refractivity contribution in [3.63, 3.8) is 0 Å². The molecule has 0 atom stereocenters. The second kappa shape index (κ2) is 4.35. The Hall–Kier alpha value is -0.930. The van der Waals surface area contributed by atoms with Crippen molar-refractivity contribution in [1.82, 2.24) is 15.0 Å². The standard InChI is InChI=1S/C9H16FN3/c1-4-5-6-8-9(10)13(7(2)3)12-11-8/h7H,4-6H2,1-3H3. The first-order chi connectivity index (χ1) is 6.16. The first-order valence-electron chi connectivity index (χ1n) is 4.76. The van der Waals surface area contributed by atoms with E-state index in [1.54, 1.807) is 0 Å². The van der Waals surface area contributed by atoms with Crippen molar-refractivity contribution in [3.05, 3.63) is 11.6 Å². The van der Waals surface area contributed by atoms with Crippen molar-refractivity contribution in [2.75, 3.05) is 0 Å². The molecule has 4 heteroatoms. The Bertz CT molecular complexity index is 268. The third kappa shape index (κ3) is 2.26. The molecule has 0 amide bonds. The minimum atomic E-state index is -0.275. The Morgan fingerprint density at radius 2 is 2.15 bits per heavy atom. The lowest BCUT2D eigenvalue weighted by Gasteiger charge is -2.03. The highest BCUT2D eigenvalue weighted by Crippen LogP contribution is 2.11. The van der Waals surface area contributed by atoms with Crippen molar-refractivity contribution in [2.24, 2.45) is 0 Å². The van der Waals surface area contributed by atoms with E-state index in [2.05, 4.69) is 17.2 Å². The molecule has 0 unspecified atom stereocenters. The normalized spacial score (nSPS) is 11.2. The van der Waals surface area contributed by atoms with Crippen molar-refractivity contribution in [3.8, 4) is 0 Å². The van der Waals surface area contributed by atoms with Gasteiger partial charge in [-0.05, 0) is 26.7 Å². The molecule has 0 aliphatic rings. The SMILES string of the molecule is CCCCc1nnn(C(C)C)c1F. The van der Waals surface area contributed by atoms with E-state index in [4.69, 9.17) is 0 Å². The van der Waals surface area contributed by atoms with Gasteiger partial charge in [-0.1, -0.05) is 18.6 Å². The van der Waals surface area contributed by atoms with E-state index in [0.29, 0.717) is 12.1 Å². The maximum Gasteiger partial charge on any atom is 0.235 e. The number of halogens is 1. The maximum atomic E-state index is 13.4. The van der Waals surface area contributed by atoms with Gasteiger partial charge in [0.2, 0.25) is 5.95 Å². The predicted molar refractivity (Wildman–Crippen MR) is 49.0 cm³/mol. The predicted octanol–water partition coefficient (Wildman–Crippen LogP) is 2.34. The van der Waals surface area contributed by atoms with E-state index in [9.17, 15) is 4.39 Å². The summed E-state index contributed by atoms with van der Waals surface area (Å²) >= 11 is 0. The summed E-state index contributed by atoms with van der Waals surface area (Å²) in [5.74, 6) is -0.275. The van der Waals surface area contributed by atoms with E-state index in [0.717, 1.165) is 12.8 Å². The van der Waals surface area contributed by atoms with Gasteiger partial charge in [0.25, 0.3) is 0 Å². The van der Waals surface area contributed by atoms with Gasteiger partial charge in [0.1, 0.15) is 5.69 Å². The summed E-state index contributed by atoms with van der Waals surface area (Å²) in [7, 11) is 0. The third-order valence-electron chi connectivity index (χ3n) is 1.96. The van der Waals surface area contributed by atoms with Gasteiger partial charge < -0.3 is 0 Å². The summed E-state index contributed by atoms with van der Waals surface area (Å²) in [5.41, 5.74) is 0.496. The highest BCUT2D eigenvalue weighted by atomic mass is 19.1. The Morgan fingerprint density at radius 3 is 2.62 bits per heavy atom. The fourth-order valence-electron chi connectivity index (χ4n) is 1.14. The zero-order valence-electron chi connectivity index (χ0n) is 8.42. The van der Waals surface area contributed by atoms with Crippen LogP contribution in [0.1, 0.15) is 45.3 Å². The second-order valence-corrected chi connectivity index (χ2v) is 3.47. The van der Waals surface area contributed by atoms with E-state index < -0.39 is 0 Å². The van der Waals surface area contributed by atoms with Crippen molar-refractivity contribution >= 4 is 0 Å². The molecule has 0 aliphatic heterocycles. The number of hydrogen-bond donors (Lipinski definition) is 0. The molecule has 3 nitrogen and oxygen atoms in total. The van der Waals surface area contributed by atoms with Crippen LogP contribution in [0.5, 0.6) is 0 Å². The molecular formula is C9H16FN3.